The van der Waals surface area contributed by atoms with Gasteiger partial charge in [0.25, 0.3) is 0 Å². The third-order valence-electron chi connectivity index (χ3n) is 4.42. The summed E-state index contributed by atoms with van der Waals surface area (Å²) in [6.07, 6.45) is 3.94. The highest BCUT2D eigenvalue weighted by Gasteiger charge is 2.27. The Morgan fingerprint density at radius 1 is 1.22 bits per heavy atom. The Balaban J connectivity index is 1.79. The van der Waals surface area contributed by atoms with Crippen molar-refractivity contribution in [2.45, 2.75) is 39.2 Å². The fourth-order valence-corrected chi connectivity index (χ4v) is 2.98. The van der Waals surface area contributed by atoms with Gasteiger partial charge in [-0.1, -0.05) is 38.8 Å². The molecule has 3 atom stereocenters. The van der Waals surface area contributed by atoms with Crippen molar-refractivity contribution in [1.29, 1.82) is 0 Å². The molecule has 2 N–H and O–H groups in total. The van der Waals surface area contributed by atoms with E-state index in [0.717, 1.165) is 22.9 Å². The van der Waals surface area contributed by atoms with Crippen molar-refractivity contribution >= 4 is 17.0 Å². The predicted molar refractivity (Wildman–Crippen MR) is 75.7 cm³/mol. The first-order valence-corrected chi connectivity index (χ1v) is 6.95. The molecular formula is C15H21N3. The van der Waals surface area contributed by atoms with Crippen LogP contribution in [0.3, 0.4) is 0 Å². The van der Waals surface area contributed by atoms with Crippen molar-refractivity contribution in [2.24, 2.45) is 11.8 Å². The van der Waals surface area contributed by atoms with Crippen LogP contribution in [0.15, 0.2) is 24.3 Å². The Kier molecular flexibility index (Phi) is 2.98. The molecule has 1 aliphatic rings. The molecule has 0 amide bonds. The second-order valence-electron chi connectivity index (χ2n) is 5.62. The second-order valence-corrected chi connectivity index (χ2v) is 5.62. The molecule has 3 nitrogen and oxygen atoms in total. The lowest BCUT2D eigenvalue weighted by Crippen LogP contribution is -2.35. The summed E-state index contributed by atoms with van der Waals surface area (Å²) in [5.74, 6) is 2.44. The Hall–Kier alpha value is -1.51. The largest absolute Gasteiger partial charge is 0.353 e. The minimum Gasteiger partial charge on any atom is -0.353 e. The first-order valence-electron chi connectivity index (χ1n) is 6.95. The maximum atomic E-state index is 4.60. The first-order chi connectivity index (χ1) is 8.74. The minimum atomic E-state index is 0.550. The van der Waals surface area contributed by atoms with Crippen LogP contribution in [0.25, 0.3) is 11.0 Å². The number of benzene rings is 1. The fourth-order valence-electron chi connectivity index (χ4n) is 2.98. The van der Waals surface area contributed by atoms with Gasteiger partial charge in [-0.3, -0.25) is 0 Å². The number of hydrogen-bond donors (Lipinski definition) is 2. The zero-order chi connectivity index (χ0) is 12.5. The van der Waals surface area contributed by atoms with Crippen molar-refractivity contribution in [1.82, 2.24) is 9.97 Å². The summed E-state index contributed by atoms with van der Waals surface area (Å²) < 4.78 is 0. The molecule has 3 rings (SSSR count). The third-order valence-corrected chi connectivity index (χ3v) is 4.42. The van der Waals surface area contributed by atoms with E-state index in [1.807, 2.05) is 18.2 Å². The Labute approximate surface area is 108 Å². The first kappa shape index (κ1) is 11.6. The normalized spacial score (nSPS) is 28.4. The topological polar surface area (TPSA) is 40.7 Å². The van der Waals surface area contributed by atoms with Gasteiger partial charge in [-0.05, 0) is 30.4 Å². The second kappa shape index (κ2) is 4.63. The molecule has 0 bridgehead atoms. The van der Waals surface area contributed by atoms with Gasteiger partial charge < -0.3 is 10.3 Å². The number of aromatic nitrogens is 2. The van der Waals surface area contributed by atoms with E-state index in [2.05, 4.69) is 35.2 Å². The number of hydrogen-bond acceptors (Lipinski definition) is 2. The molecule has 1 aromatic carbocycles. The summed E-state index contributed by atoms with van der Waals surface area (Å²) in [4.78, 5) is 7.96. The molecule has 1 saturated carbocycles. The molecular weight excluding hydrogens is 222 g/mol. The van der Waals surface area contributed by atoms with Crippen molar-refractivity contribution in [3.8, 4) is 0 Å². The molecule has 0 aliphatic heterocycles. The van der Waals surface area contributed by atoms with Crippen LogP contribution in [0.1, 0.15) is 33.1 Å². The van der Waals surface area contributed by atoms with Crippen LogP contribution in [-0.2, 0) is 0 Å². The molecule has 3 unspecified atom stereocenters. The van der Waals surface area contributed by atoms with Crippen LogP contribution >= 0.6 is 0 Å². The van der Waals surface area contributed by atoms with Crippen LogP contribution < -0.4 is 5.32 Å². The number of anilines is 1. The highest BCUT2D eigenvalue weighted by molar-refractivity contribution is 5.77. The summed E-state index contributed by atoms with van der Waals surface area (Å²) in [5.41, 5.74) is 2.15. The molecule has 0 saturated heterocycles. The minimum absolute atomic E-state index is 0.550. The summed E-state index contributed by atoms with van der Waals surface area (Å²) in [7, 11) is 0. The van der Waals surface area contributed by atoms with Crippen LogP contribution in [0.5, 0.6) is 0 Å². The predicted octanol–water partition coefficient (Wildman–Crippen LogP) is 3.80. The number of para-hydroxylation sites is 2. The summed E-state index contributed by atoms with van der Waals surface area (Å²) in [6.45, 7) is 4.71. The summed E-state index contributed by atoms with van der Waals surface area (Å²) in [6, 6.07) is 8.73. The number of rotatable bonds is 2. The van der Waals surface area contributed by atoms with Crippen LogP contribution in [0.2, 0.25) is 0 Å². The number of nitrogens with zero attached hydrogens (tertiary/aromatic N) is 1. The molecule has 1 heterocycles. The van der Waals surface area contributed by atoms with E-state index in [4.69, 9.17) is 0 Å². The van der Waals surface area contributed by atoms with Gasteiger partial charge in [-0.15, -0.1) is 0 Å². The molecule has 1 fully saturated rings. The highest BCUT2D eigenvalue weighted by Crippen LogP contribution is 2.31. The smallest absolute Gasteiger partial charge is 0.201 e. The van der Waals surface area contributed by atoms with E-state index in [1.54, 1.807) is 0 Å². The van der Waals surface area contributed by atoms with Gasteiger partial charge in [0.2, 0.25) is 5.95 Å². The molecule has 18 heavy (non-hydrogen) atoms. The van der Waals surface area contributed by atoms with Crippen molar-refractivity contribution < 1.29 is 0 Å². The zero-order valence-corrected chi connectivity index (χ0v) is 11.1. The zero-order valence-electron chi connectivity index (χ0n) is 11.1. The Bertz CT molecular complexity index is 498. The number of fused-ring (bicyclic) bond motifs is 1. The number of aromatic amines is 1. The van der Waals surface area contributed by atoms with E-state index >= 15 is 0 Å². The van der Waals surface area contributed by atoms with Gasteiger partial charge in [0.1, 0.15) is 0 Å². The van der Waals surface area contributed by atoms with Gasteiger partial charge in [0.05, 0.1) is 11.0 Å². The maximum Gasteiger partial charge on any atom is 0.201 e. The van der Waals surface area contributed by atoms with E-state index in [0.29, 0.717) is 12.0 Å². The van der Waals surface area contributed by atoms with Gasteiger partial charge in [0, 0.05) is 6.04 Å². The van der Waals surface area contributed by atoms with Crippen LogP contribution in [0, 0.1) is 11.8 Å². The standard InChI is InChI=1S/C15H21N3/c1-10-6-5-9-12(11(10)2)16-15-17-13-7-3-4-8-14(13)18-15/h3-4,7-8,10-12H,5-6,9H2,1-2H3,(H2,16,17,18). The van der Waals surface area contributed by atoms with Crippen molar-refractivity contribution in [3.05, 3.63) is 24.3 Å². The molecule has 2 aromatic rings. The Morgan fingerprint density at radius 2 is 2.06 bits per heavy atom. The lowest BCUT2D eigenvalue weighted by Gasteiger charge is -2.34. The van der Waals surface area contributed by atoms with Gasteiger partial charge in [-0.25, -0.2) is 4.98 Å². The van der Waals surface area contributed by atoms with E-state index in [1.165, 1.54) is 19.3 Å². The molecule has 1 aliphatic carbocycles. The van der Waals surface area contributed by atoms with Gasteiger partial charge >= 0.3 is 0 Å². The van der Waals surface area contributed by atoms with Crippen molar-refractivity contribution in [3.63, 3.8) is 0 Å². The molecule has 3 heteroatoms. The summed E-state index contributed by atoms with van der Waals surface area (Å²) >= 11 is 0. The average Bonchev–Trinajstić information content (AvgIpc) is 2.77. The third kappa shape index (κ3) is 2.09. The number of nitrogens with one attached hydrogen (secondary N) is 2. The average molecular weight is 243 g/mol. The maximum absolute atomic E-state index is 4.60. The van der Waals surface area contributed by atoms with Gasteiger partial charge in [-0.2, -0.15) is 0 Å². The monoisotopic (exact) mass is 243 g/mol. The highest BCUT2D eigenvalue weighted by atomic mass is 15.1. The quantitative estimate of drug-likeness (QED) is 0.842. The fraction of sp³-hybridized carbons (Fsp3) is 0.533. The number of H-pyrrole nitrogens is 1. The van der Waals surface area contributed by atoms with Gasteiger partial charge in [0.15, 0.2) is 0 Å². The summed E-state index contributed by atoms with van der Waals surface area (Å²) in [5, 5.41) is 3.58. The molecule has 96 valence electrons. The molecule has 1 aromatic heterocycles. The van der Waals surface area contributed by atoms with Crippen LogP contribution in [0.4, 0.5) is 5.95 Å². The molecule has 0 spiro atoms. The molecule has 0 radical (unpaired) electrons. The lowest BCUT2D eigenvalue weighted by molar-refractivity contribution is 0.252. The van der Waals surface area contributed by atoms with Crippen molar-refractivity contribution in [2.75, 3.05) is 5.32 Å². The Morgan fingerprint density at radius 3 is 2.89 bits per heavy atom. The SMILES string of the molecule is CC1CCCC(Nc2nc3ccccc3[nH]2)C1C. The lowest BCUT2D eigenvalue weighted by atomic mass is 9.78. The van der Waals surface area contributed by atoms with E-state index in [-0.39, 0.29) is 0 Å². The van der Waals surface area contributed by atoms with Crippen LogP contribution in [-0.4, -0.2) is 16.0 Å². The van der Waals surface area contributed by atoms with E-state index < -0.39 is 0 Å². The van der Waals surface area contributed by atoms with E-state index in [9.17, 15) is 0 Å². The number of imidazole rings is 1.